The molecule has 1 amide bonds. The van der Waals surface area contributed by atoms with Crippen molar-refractivity contribution in [2.24, 2.45) is 0 Å². The smallest absolute Gasteiger partial charge is 0.414 e. The van der Waals surface area contributed by atoms with Gasteiger partial charge in [0, 0.05) is 12.7 Å². The average molecular weight is 265 g/mol. The number of rotatable bonds is 3. The van der Waals surface area contributed by atoms with E-state index >= 15 is 0 Å². The number of hydrogen-bond donors (Lipinski definition) is 1. The summed E-state index contributed by atoms with van der Waals surface area (Å²) in [6.07, 6.45) is -0.477. The van der Waals surface area contributed by atoms with Crippen LogP contribution in [0.1, 0.15) is 26.3 Å². The Morgan fingerprint density at radius 2 is 1.74 bits per heavy atom. The Morgan fingerprint density at radius 1 is 1.21 bits per heavy atom. The SMILES string of the molecule is CN(C(=O)OC(C)(C)C)c1ccc(CC(=O)O)cc1. The van der Waals surface area contributed by atoms with Gasteiger partial charge in [0.1, 0.15) is 5.60 Å². The Bertz CT molecular complexity index is 459. The van der Waals surface area contributed by atoms with Crippen LogP contribution in [0.15, 0.2) is 24.3 Å². The van der Waals surface area contributed by atoms with Crippen LogP contribution in [0.5, 0.6) is 0 Å². The van der Waals surface area contributed by atoms with Crippen LogP contribution in [0.4, 0.5) is 10.5 Å². The van der Waals surface area contributed by atoms with Crippen molar-refractivity contribution in [3.05, 3.63) is 29.8 Å². The minimum Gasteiger partial charge on any atom is -0.481 e. The molecule has 0 aliphatic heterocycles. The molecule has 0 atom stereocenters. The molecule has 0 spiro atoms. The van der Waals surface area contributed by atoms with Crippen molar-refractivity contribution in [2.75, 3.05) is 11.9 Å². The highest BCUT2D eigenvalue weighted by molar-refractivity contribution is 5.87. The van der Waals surface area contributed by atoms with Gasteiger partial charge in [-0.25, -0.2) is 4.79 Å². The highest BCUT2D eigenvalue weighted by Gasteiger charge is 2.20. The molecule has 0 aromatic heterocycles. The van der Waals surface area contributed by atoms with E-state index in [9.17, 15) is 9.59 Å². The maximum atomic E-state index is 11.8. The first kappa shape index (κ1) is 15.0. The topological polar surface area (TPSA) is 66.8 Å². The number of amides is 1. The van der Waals surface area contributed by atoms with Crippen molar-refractivity contribution in [1.82, 2.24) is 0 Å². The van der Waals surface area contributed by atoms with Gasteiger partial charge in [0.05, 0.1) is 6.42 Å². The van der Waals surface area contributed by atoms with Crippen molar-refractivity contribution >= 4 is 17.7 Å². The van der Waals surface area contributed by atoms with E-state index in [1.54, 1.807) is 52.1 Å². The fourth-order valence-corrected chi connectivity index (χ4v) is 1.45. The number of carbonyl (C=O) groups excluding carboxylic acids is 1. The summed E-state index contributed by atoms with van der Waals surface area (Å²) in [5, 5.41) is 8.68. The predicted molar refractivity (Wildman–Crippen MR) is 72.4 cm³/mol. The highest BCUT2D eigenvalue weighted by atomic mass is 16.6. The molecule has 0 fully saturated rings. The van der Waals surface area contributed by atoms with Crippen molar-refractivity contribution < 1.29 is 19.4 Å². The molecule has 1 aromatic rings. The summed E-state index contributed by atoms with van der Waals surface area (Å²) in [6, 6.07) is 6.76. The summed E-state index contributed by atoms with van der Waals surface area (Å²) in [6.45, 7) is 5.40. The lowest BCUT2D eigenvalue weighted by Gasteiger charge is -2.24. The van der Waals surface area contributed by atoms with E-state index in [4.69, 9.17) is 9.84 Å². The van der Waals surface area contributed by atoms with Gasteiger partial charge in [0.25, 0.3) is 0 Å². The van der Waals surface area contributed by atoms with Crippen LogP contribution in [0.2, 0.25) is 0 Å². The summed E-state index contributed by atoms with van der Waals surface area (Å²) >= 11 is 0. The van der Waals surface area contributed by atoms with E-state index in [1.807, 2.05) is 0 Å². The number of carbonyl (C=O) groups is 2. The molecule has 0 heterocycles. The molecule has 5 nitrogen and oxygen atoms in total. The van der Waals surface area contributed by atoms with Crippen molar-refractivity contribution in [2.45, 2.75) is 32.8 Å². The lowest BCUT2D eigenvalue weighted by molar-refractivity contribution is -0.136. The lowest BCUT2D eigenvalue weighted by Crippen LogP contribution is -2.34. The normalized spacial score (nSPS) is 10.9. The van der Waals surface area contributed by atoms with Crippen LogP contribution in [-0.4, -0.2) is 29.8 Å². The third kappa shape index (κ3) is 4.99. The molecule has 0 aliphatic rings. The van der Waals surface area contributed by atoms with Gasteiger partial charge in [-0.15, -0.1) is 0 Å². The number of carboxylic acid groups (broad SMARTS) is 1. The third-order valence-electron chi connectivity index (χ3n) is 2.35. The first-order valence-corrected chi connectivity index (χ1v) is 5.96. The number of benzene rings is 1. The van der Waals surface area contributed by atoms with Crippen LogP contribution in [0, 0.1) is 0 Å². The summed E-state index contributed by atoms with van der Waals surface area (Å²) in [7, 11) is 1.61. The lowest BCUT2D eigenvalue weighted by atomic mass is 10.1. The minimum absolute atomic E-state index is 0.0313. The van der Waals surface area contributed by atoms with Gasteiger partial charge in [-0.05, 0) is 38.5 Å². The summed E-state index contributed by atoms with van der Waals surface area (Å²) in [5.41, 5.74) is 0.798. The molecule has 0 aliphatic carbocycles. The average Bonchev–Trinajstić information content (AvgIpc) is 2.26. The van der Waals surface area contributed by atoms with Crippen LogP contribution in [0.25, 0.3) is 0 Å². The fourth-order valence-electron chi connectivity index (χ4n) is 1.45. The van der Waals surface area contributed by atoms with Gasteiger partial charge in [0.2, 0.25) is 0 Å². The van der Waals surface area contributed by atoms with Gasteiger partial charge in [0.15, 0.2) is 0 Å². The Hall–Kier alpha value is -2.04. The number of nitrogens with zero attached hydrogens (tertiary/aromatic N) is 1. The quantitative estimate of drug-likeness (QED) is 0.912. The largest absolute Gasteiger partial charge is 0.481 e. The van der Waals surface area contributed by atoms with E-state index in [2.05, 4.69) is 0 Å². The summed E-state index contributed by atoms with van der Waals surface area (Å²) in [4.78, 5) is 23.8. The Balaban J connectivity index is 2.75. The number of anilines is 1. The summed E-state index contributed by atoms with van der Waals surface area (Å²) < 4.78 is 5.24. The molecule has 0 unspecified atom stereocenters. The first-order chi connectivity index (χ1) is 8.69. The molecule has 0 bridgehead atoms. The van der Waals surface area contributed by atoms with Gasteiger partial charge in [-0.1, -0.05) is 12.1 Å². The molecule has 0 saturated heterocycles. The second-order valence-corrected chi connectivity index (χ2v) is 5.28. The zero-order valence-electron chi connectivity index (χ0n) is 11.6. The summed E-state index contributed by atoms with van der Waals surface area (Å²) in [5.74, 6) is -0.881. The molecule has 19 heavy (non-hydrogen) atoms. The number of ether oxygens (including phenoxy) is 1. The van der Waals surface area contributed by atoms with Crippen molar-refractivity contribution in [3.63, 3.8) is 0 Å². The monoisotopic (exact) mass is 265 g/mol. The van der Waals surface area contributed by atoms with Crippen LogP contribution in [0.3, 0.4) is 0 Å². The zero-order valence-corrected chi connectivity index (χ0v) is 11.6. The van der Waals surface area contributed by atoms with E-state index in [-0.39, 0.29) is 6.42 Å². The predicted octanol–water partition coefficient (Wildman–Crippen LogP) is 2.69. The van der Waals surface area contributed by atoms with Crippen LogP contribution < -0.4 is 4.90 Å². The number of hydrogen-bond acceptors (Lipinski definition) is 3. The van der Waals surface area contributed by atoms with Gasteiger partial charge >= 0.3 is 12.1 Å². The fraction of sp³-hybridized carbons (Fsp3) is 0.429. The van der Waals surface area contributed by atoms with Gasteiger partial charge in [-0.2, -0.15) is 0 Å². The Morgan fingerprint density at radius 3 is 2.16 bits per heavy atom. The Kier molecular flexibility index (Phi) is 4.53. The second kappa shape index (κ2) is 5.73. The molecule has 1 rings (SSSR count). The van der Waals surface area contributed by atoms with Crippen molar-refractivity contribution in [3.8, 4) is 0 Å². The van der Waals surface area contributed by atoms with Gasteiger partial charge < -0.3 is 9.84 Å². The molecular formula is C14H19NO4. The zero-order chi connectivity index (χ0) is 14.6. The number of aliphatic carboxylic acids is 1. The van der Waals surface area contributed by atoms with E-state index in [0.717, 1.165) is 0 Å². The van der Waals surface area contributed by atoms with Crippen LogP contribution >= 0.6 is 0 Å². The van der Waals surface area contributed by atoms with Crippen molar-refractivity contribution in [1.29, 1.82) is 0 Å². The maximum Gasteiger partial charge on any atom is 0.414 e. The third-order valence-corrected chi connectivity index (χ3v) is 2.35. The van der Waals surface area contributed by atoms with E-state index in [1.165, 1.54) is 4.90 Å². The Labute approximate surface area is 112 Å². The van der Waals surface area contributed by atoms with E-state index in [0.29, 0.717) is 11.3 Å². The van der Waals surface area contributed by atoms with E-state index < -0.39 is 17.7 Å². The highest BCUT2D eigenvalue weighted by Crippen LogP contribution is 2.17. The van der Waals surface area contributed by atoms with Crippen LogP contribution in [-0.2, 0) is 16.0 Å². The van der Waals surface area contributed by atoms with Gasteiger partial charge in [-0.3, -0.25) is 9.69 Å². The molecule has 5 heteroatoms. The molecule has 0 saturated carbocycles. The molecule has 0 radical (unpaired) electrons. The molecule has 1 aromatic carbocycles. The molecular weight excluding hydrogens is 246 g/mol. The molecule has 104 valence electrons. The minimum atomic E-state index is -0.881. The first-order valence-electron chi connectivity index (χ1n) is 5.96. The number of carboxylic acids is 1. The molecule has 1 N–H and O–H groups in total. The maximum absolute atomic E-state index is 11.8. The second-order valence-electron chi connectivity index (χ2n) is 5.28. The standard InChI is InChI=1S/C14H19NO4/c1-14(2,3)19-13(18)15(4)11-7-5-10(6-8-11)9-12(16)17/h5-8H,9H2,1-4H3,(H,16,17).